The Morgan fingerprint density at radius 1 is 0.839 bits per heavy atom. The molecule has 3 N–H and O–H groups in total. The molecule has 3 amide bonds. The number of aromatic nitrogens is 1. The zero-order valence-electron chi connectivity index (χ0n) is 16.0. The molecule has 0 radical (unpaired) electrons. The first-order valence-electron chi connectivity index (χ1n) is 9.16. The van der Waals surface area contributed by atoms with Crippen molar-refractivity contribution in [3.05, 3.63) is 95.4 Å². The summed E-state index contributed by atoms with van der Waals surface area (Å²) in [5, 5.41) is 10.3. The SMILES string of the molecule is O=C(Nc1ccccc1C(=O)Nc1nccs1)c1cccc(NC(=O)c2ccco2)c1. The number of amides is 3. The van der Waals surface area contributed by atoms with Gasteiger partial charge in [0.1, 0.15) is 0 Å². The molecule has 0 aliphatic carbocycles. The lowest BCUT2D eigenvalue weighted by Crippen LogP contribution is -2.18. The summed E-state index contributed by atoms with van der Waals surface area (Å²) in [6, 6.07) is 16.3. The average molecular weight is 432 g/mol. The van der Waals surface area contributed by atoms with Gasteiger partial charge >= 0.3 is 0 Å². The molecule has 2 aromatic carbocycles. The molecule has 31 heavy (non-hydrogen) atoms. The van der Waals surface area contributed by atoms with Crippen molar-refractivity contribution in [3.63, 3.8) is 0 Å². The average Bonchev–Trinajstić information content (AvgIpc) is 3.49. The highest BCUT2D eigenvalue weighted by molar-refractivity contribution is 7.13. The number of anilines is 3. The summed E-state index contributed by atoms with van der Waals surface area (Å²) in [7, 11) is 0. The number of hydrogen-bond acceptors (Lipinski definition) is 6. The Bertz CT molecular complexity index is 1220. The zero-order valence-corrected chi connectivity index (χ0v) is 16.8. The highest BCUT2D eigenvalue weighted by Gasteiger charge is 2.16. The molecular formula is C22H16N4O4S. The predicted molar refractivity (Wildman–Crippen MR) is 118 cm³/mol. The highest BCUT2D eigenvalue weighted by Crippen LogP contribution is 2.20. The number of para-hydroxylation sites is 1. The Morgan fingerprint density at radius 3 is 2.48 bits per heavy atom. The van der Waals surface area contributed by atoms with Crippen molar-refractivity contribution in [1.82, 2.24) is 4.98 Å². The van der Waals surface area contributed by atoms with Crippen molar-refractivity contribution in [2.24, 2.45) is 0 Å². The number of carbonyl (C=O) groups excluding carboxylic acids is 3. The van der Waals surface area contributed by atoms with E-state index in [4.69, 9.17) is 4.42 Å². The third-order valence-corrected chi connectivity index (χ3v) is 4.89. The number of nitrogens with zero attached hydrogens (tertiary/aromatic N) is 1. The van der Waals surface area contributed by atoms with Crippen molar-refractivity contribution in [2.45, 2.75) is 0 Å². The van der Waals surface area contributed by atoms with Gasteiger partial charge in [-0.2, -0.15) is 0 Å². The van der Waals surface area contributed by atoms with Crippen LogP contribution in [0.15, 0.2) is 82.9 Å². The molecule has 4 rings (SSSR count). The fourth-order valence-corrected chi connectivity index (χ4v) is 3.30. The van der Waals surface area contributed by atoms with Gasteiger partial charge in [0, 0.05) is 22.8 Å². The maximum Gasteiger partial charge on any atom is 0.291 e. The highest BCUT2D eigenvalue weighted by atomic mass is 32.1. The molecule has 0 spiro atoms. The summed E-state index contributed by atoms with van der Waals surface area (Å²) >= 11 is 1.30. The molecule has 0 saturated heterocycles. The Hall–Kier alpha value is -4.24. The van der Waals surface area contributed by atoms with Crippen molar-refractivity contribution >= 4 is 45.6 Å². The summed E-state index contributed by atoms with van der Waals surface area (Å²) in [6.07, 6.45) is 2.99. The molecule has 0 aliphatic heterocycles. The number of nitrogens with one attached hydrogen (secondary N) is 3. The van der Waals surface area contributed by atoms with Crippen LogP contribution in [0.25, 0.3) is 0 Å². The maximum atomic E-state index is 12.8. The van der Waals surface area contributed by atoms with E-state index in [-0.39, 0.29) is 11.7 Å². The van der Waals surface area contributed by atoms with Crippen LogP contribution in [-0.4, -0.2) is 22.7 Å². The molecule has 9 heteroatoms. The minimum absolute atomic E-state index is 0.162. The normalized spacial score (nSPS) is 10.3. The minimum atomic E-state index is -0.427. The maximum absolute atomic E-state index is 12.8. The third-order valence-electron chi connectivity index (χ3n) is 4.20. The predicted octanol–water partition coefficient (Wildman–Crippen LogP) is 4.49. The van der Waals surface area contributed by atoms with E-state index in [9.17, 15) is 14.4 Å². The van der Waals surface area contributed by atoms with Gasteiger partial charge in [-0.1, -0.05) is 18.2 Å². The second-order valence-corrected chi connectivity index (χ2v) is 7.20. The van der Waals surface area contributed by atoms with Gasteiger partial charge in [-0.3, -0.25) is 19.7 Å². The lowest BCUT2D eigenvalue weighted by atomic mass is 10.1. The molecule has 0 atom stereocenters. The Morgan fingerprint density at radius 2 is 1.71 bits per heavy atom. The van der Waals surface area contributed by atoms with Gasteiger partial charge in [-0.15, -0.1) is 11.3 Å². The first kappa shape index (κ1) is 20.0. The molecule has 2 aromatic heterocycles. The number of carbonyl (C=O) groups is 3. The van der Waals surface area contributed by atoms with Crippen LogP contribution in [0.4, 0.5) is 16.5 Å². The Kier molecular flexibility index (Phi) is 5.86. The van der Waals surface area contributed by atoms with Crippen molar-refractivity contribution in [1.29, 1.82) is 0 Å². The molecular weight excluding hydrogens is 416 g/mol. The van der Waals surface area contributed by atoms with E-state index in [0.29, 0.717) is 27.6 Å². The fourth-order valence-electron chi connectivity index (χ4n) is 2.77. The second kappa shape index (κ2) is 9.06. The van der Waals surface area contributed by atoms with Gasteiger partial charge in [0.05, 0.1) is 17.5 Å². The van der Waals surface area contributed by atoms with E-state index in [1.807, 2.05) is 0 Å². The molecule has 4 aromatic rings. The van der Waals surface area contributed by atoms with Crippen LogP contribution in [0.3, 0.4) is 0 Å². The standard InChI is InChI=1S/C22H16N4O4S/c27-19(14-5-3-6-15(13-14)24-21(29)18-9-4-11-30-18)25-17-8-2-1-7-16(17)20(28)26-22-23-10-12-31-22/h1-13H,(H,24,29)(H,25,27)(H,23,26,28). The van der Waals surface area contributed by atoms with E-state index in [1.165, 1.54) is 23.7 Å². The van der Waals surface area contributed by atoms with Gasteiger partial charge in [0.15, 0.2) is 10.9 Å². The number of rotatable bonds is 6. The third kappa shape index (κ3) is 4.85. The number of hydrogen-bond donors (Lipinski definition) is 3. The van der Waals surface area contributed by atoms with Crippen LogP contribution in [0.5, 0.6) is 0 Å². The van der Waals surface area contributed by atoms with Gasteiger partial charge in [-0.05, 0) is 42.5 Å². The van der Waals surface area contributed by atoms with Gasteiger partial charge < -0.3 is 15.1 Å². The first-order chi connectivity index (χ1) is 15.1. The molecule has 0 fully saturated rings. The lowest BCUT2D eigenvalue weighted by molar-refractivity contribution is 0.0991. The molecule has 154 valence electrons. The molecule has 0 bridgehead atoms. The van der Waals surface area contributed by atoms with Gasteiger partial charge in [0.2, 0.25) is 0 Å². The summed E-state index contributed by atoms with van der Waals surface area (Å²) in [6.45, 7) is 0. The van der Waals surface area contributed by atoms with Crippen LogP contribution < -0.4 is 16.0 Å². The largest absolute Gasteiger partial charge is 0.459 e. The molecule has 0 saturated carbocycles. The van der Waals surface area contributed by atoms with Crippen LogP contribution in [-0.2, 0) is 0 Å². The molecule has 0 aliphatic rings. The van der Waals surface area contributed by atoms with Crippen LogP contribution >= 0.6 is 11.3 Å². The van der Waals surface area contributed by atoms with Crippen LogP contribution in [0.1, 0.15) is 31.3 Å². The zero-order chi connectivity index (χ0) is 21.6. The number of thiazole rings is 1. The Labute approximate surface area is 180 Å². The van der Waals surface area contributed by atoms with E-state index in [2.05, 4.69) is 20.9 Å². The fraction of sp³-hybridized carbons (Fsp3) is 0. The van der Waals surface area contributed by atoms with E-state index in [1.54, 1.807) is 66.2 Å². The molecule has 8 nitrogen and oxygen atoms in total. The summed E-state index contributed by atoms with van der Waals surface area (Å²) < 4.78 is 5.06. The molecule has 2 heterocycles. The van der Waals surface area contributed by atoms with Crippen molar-refractivity contribution < 1.29 is 18.8 Å². The van der Waals surface area contributed by atoms with Gasteiger partial charge in [-0.25, -0.2) is 4.98 Å². The lowest BCUT2D eigenvalue weighted by Gasteiger charge is -2.11. The smallest absolute Gasteiger partial charge is 0.291 e. The van der Waals surface area contributed by atoms with Crippen LogP contribution in [0, 0.1) is 0 Å². The van der Waals surface area contributed by atoms with Gasteiger partial charge in [0.25, 0.3) is 17.7 Å². The second-order valence-electron chi connectivity index (χ2n) is 6.30. The molecule has 0 unspecified atom stereocenters. The Balaban J connectivity index is 1.49. The summed E-state index contributed by atoms with van der Waals surface area (Å²) in [5.74, 6) is -1.07. The summed E-state index contributed by atoms with van der Waals surface area (Å²) in [5.41, 5.74) is 1.40. The quantitative estimate of drug-likeness (QED) is 0.415. The van der Waals surface area contributed by atoms with Crippen LogP contribution in [0.2, 0.25) is 0 Å². The first-order valence-corrected chi connectivity index (χ1v) is 10.0. The minimum Gasteiger partial charge on any atom is -0.459 e. The monoisotopic (exact) mass is 432 g/mol. The van der Waals surface area contributed by atoms with Crippen molar-refractivity contribution in [3.8, 4) is 0 Å². The van der Waals surface area contributed by atoms with E-state index >= 15 is 0 Å². The number of furan rings is 1. The topological polar surface area (TPSA) is 113 Å². The summed E-state index contributed by atoms with van der Waals surface area (Å²) in [4.78, 5) is 41.5. The van der Waals surface area contributed by atoms with E-state index in [0.717, 1.165) is 0 Å². The van der Waals surface area contributed by atoms with E-state index < -0.39 is 11.8 Å². The number of benzene rings is 2. The van der Waals surface area contributed by atoms with Crippen molar-refractivity contribution in [2.75, 3.05) is 16.0 Å².